The minimum Gasteiger partial charge on any atom is -0.467 e. The van der Waals surface area contributed by atoms with Gasteiger partial charge in [-0.05, 0) is 18.3 Å². The van der Waals surface area contributed by atoms with Crippen molar-refractivity contribution in [3.05, 3.63) is 0 Å². The Hall–Kier alpha value is -1.63. The average molecular weight is 297 g/mol. The molecule has 0 saturated heterocycles. The van der Waals surface area contributed by atoms with Gasteiger partial charge in [0, 0.05) is 26.8 Å². The first-order valence-electron chi connectivity index (χ1n) is 7.27. The Morgan fingerprint density at radius 3 is 2.29 bits per heavy atom. The lowest BCUT2D eigenvalue weighted by Crippen LogP contribution is -2.25. The molecular formula is C14H27N5O2. The van der Waals surface area contributed by atoms with E-state index in [1.54, 1.807) is 14.2 Å². The van der Waals surface area contributed by atoms with Crippen LogP contribution in [0.2, 0.25) is 0 Å². The van der Waals surface area contributed by atoms with Crippen molar-refractivity contribution in [2.45, 2.75) is 33.6 Å². The molecule has 21 heavy (non-hydrogen) atoms. The zero-order valence-electron chi connectivity index (χ0n) is 13.7. The first-order chi connectivity index (χ1) is 10.0. The van der Waals surface area contributed by atoms with Crippen LogP contribution in [0, 0.1) is 5.41 Å². The third kappa shape index (κ3) is 6.57. The normalized spacial score (nSPS) is 11.3. The summed E-state index contributed by atoms with van der Waals surface area (Å²) in [5.41, 5.74) is 0.0902. The van der Waals surface area contributed by atoms with Crippen molar-refractivity contribution in [1.82, 2.24) is 15.0 Å². The second-order valence-corrected chi connectivity index (χ2v) is 5.66. The Kier molecular flexibility index (Phi) is 7.14. The summed E-state index contributed by atoms with van der Waals surface area (Å²) in [5, 5.41) is 6.39. The minimum absolute atomic E-state index is 0.0902. The van der Waals surface area contributed by atoms with E-state index in [9.17, 15) is 0 Å². The van der Waals surface area contributed by atoms with Crippen molar-refractivity contribution in [3.63, 3.8) is 0 Å². The molecular weight excluding hydrogens is 270 g/mol. The standard InChI is InChI=1S/C14H27N5O2/c1-6-8-15-11-17-12(19-13(18-11)21-5)16-10-14(2,3)7-9-20-4/h6-10H2,1-5H3,(H2,15,16,17,18,19). The van der Waals surface area contributed by atoms with Gasteiger partial charge >= 0.3 is 6.01 Å². The van der Waals surface area contributed by atoms with Gasteiger partial charge in [0.1, 0.15) is 0 Å². The summed E-state index contributed by atoms with van der Waals surface area (Å²) in [6.45, 7) is 8.73. The predicted octanol–water partition coefficient (Wildman–Crippen LogP) is 2.18. The summed E-state index contributed by atoms with van der Waals surface area (Å²) in [5.74, 6) is 1.05. The van der Waals surface area contributed by atoms with Crippen LogP contribution in [0.4, 0.5) is 11.9 Å². The van der Waals surface area contributed by atoms with Gasteiger partial charge in [-0.2, -0.15) is 15.0 Å². The number of nitrogens with one attached hydrogen (secondary N) is 2. The van der Waals surface area contributed by atoms with E-state index in [0.717, 1.165) is 32.5 Å². The summed E-state index contributed by atoms with van der Waals surface area (Å²) >= 11 is 0. The van der Waals surface area contributed by atoms with Gasteiger partial charge in [0.15, 0.2) is 0 Å². The minimum atomic E-state index is 0.0902. The predicted molar refractivity (Wildman–Crippen MR) is 83.9 cm³/mol. The van der Waals surface area contributed by atoms with Gasteiger partial charge in [-0.25, -0.2) is 0 Å². The molecule has 0 atom stereocenters. The zero-order chi connectivity index (χ0) is 15.7. The summed E-state index contributed by atoms with van der Waals surface area (Å²) in [7, 11) is 3.26. The second-order valence-electron chi connectivity index (χ2n) is 5.66. The first kappa shape index (κ1) is 17.4. The van der Waals surface area contributed by atoms with E-state index in [-0.39, 0.29) is 5.41 Å². The van der Waals surface area contributed by atoms with E-state index in [0.29, 0.717) is 17.9 Å². The quantitative estimate of drug-likeness (QED) is 0.685. The molecule has 7 nitrogen and oxygen atoms in total. The van der Waals surface area contributed by atoms with Gasteiger partial charge in [-0.1, -0.05) is 20.8 Å². The second kappa shape index (κ2) is 8.61. The first-order valence-corrected chi connectivity index (χ1v) is 7.27. The number of methoxy groups -OCH3 is 2. The topological polar surface area (TPSA) is 81.2 Å². The van der Waals surface area contributed by atoms with Gasteiger partial charge in [0.2, 0.25) is 11.9 Å². The fourth-order valence-electron chi connectivity index (χ4n) is 1.63. The molecule has 0 aromatic carbocycles. The third-order valence-electron chi connectivity index (χ3n) is 3.04. The Morgan fingerprint density at radius 2 is 1.71 bits per heavy atom. The van der Waals surface area contributed by atoms with Crippen LogP contribution in [0.25, 0.3) is 0 Å². The molecule has 2 N–H and O–H groups in total. The van der Waals surface area contributed by atoms with Crippen LogP contribution >= 0.6 is 0 Å². The van der Waals surface area contributed by atoms with Gasteiger partial charge in [0.25, 0.3) is 0 Å². The van der Waals surface area contributed by atoms with Crippen molar-refractivity contribution in [2.24, 2.45) is 5.41 Å². The Labute approximate surface area is 126 Å². The smallest absolute Gasteiger partial charge is 0.322 e. The fourth-order valence-corrected chi connectivity index (χ4v) is 1.63. The van der Waals surface area contributed by atoms with Crippen LogP contribution in [-0.4, -0.2) is 48.9 Å². The maximum atomic E-state index is 5.13. The average Bonchev–Trinajstić information content (AvgIpc) is 2.49. The third-order valence-corrected chi connectivity index (χ3v) is 3.04. The molecule has 0 unspecified atom stereocenters. The molecule has 0 radical (unpaired) electrons. The van der Waals surface area contributed by atoms with Crippen LogP contribution < -0.4 is 15.4 Å². The molecule has 7 heteroatoms. The van der Waals surface area contributed by atoms with Crippen LogP contribution in [0.1, 0.15) is 33.6 Å². The highest BCUT2D eigenvalue weighted by molar-refractivity contribution is 5.35. The number of ether oxygens (including phenoxy) is 2. The Bertz CT molecular complexity index is 426. The van der Waals surface area contributed by atoms with E-state index in [1.165, 1.54) is 0 Å². The van der Waals surface area contributed by atoms with E-state index < -0.39 is 0 Å². The van der Waals surface area contributed by atoms with Crippen LogP contribution in [0.3, 0.4) is 0 Å². The van der Waals surface area contributed by atoms with Crippen molar-refractivity contribution in [3.8, 4) is 6.01 Å². The molecule has 0 aliphatic carbocycles. The molecule has 0 fully saturated rings. The van der Waals surface area contributed by atoms with Gasteiger partial charge in [-0.3, -0.25) is 0 Å². The SMILES string of the molecule is CCCNc1nc(NCC(C)(C)CCOC)nc(OC)n1. The Morgan fingerprint density at radius 1 is 1.05 bits per heavy atom. The number of rotatable bonds is 10. The molecule has 0 saturated carbocycles. The summed E-state index contributed by atoms with van der Waals surface area (Å²) in [4.78, 5) is 12.7. The molecule has 1 aromatic heterocycles. The molecule has 1 heterocycles. The Balaban J connectivity index is 2.68. The van der Waals surface area contributed by atoms with Crippen molar-refractivity contribution in [2.75, 3.05) is 44.5 Å². The van der Waals surface area contributed by atoms with Crippen LogP contribution in [-0.2, 0) is 4.74 Å². The molecule has 1 rings (SSSR count). The fraction of sp³-hybridized carbons (Fsp3) is 0.786. The number of hydrogen-bond donors (Lipinski definition) is 2. The molecule has 0 spiro atoms. The van der Waals surface area contributed by atoms with E-state index in [4.69, 9.17) is 9.47 Å². The van der Waals surface area contributed by atoms with Gasteiger partial charge in [-0.15, -0.1) is 0 Å². The van der Waals surface area contributed by atoms with Gasteiger partial charge < -0.3 is 20.1 Å². The van der Waals surface area contributed by atoms with E-state index in [2.05, 4.69) is 46.4 Å². The highest BCUT2D eigenvalue weighted by atomic mass is 16.5. The highest BCUT2D eigenvalue weighted by Gasteiger charge is 2.18. The number of hydrogen-bond acceptors (Lipinski definition) is 7. The number of nitrogens with zero attached hydrogens (tertiary/aromatic N) is 3. The summed E-state index contributed by atoms with van der Waals surface area (Å²) in [6, 6.07) is 0.306. The van der Waals surface area contributed by atoms with Crippen molar-refractivity contribution < 1.29 is 9.47 Å². The molecule has 120 valence electrons. The zero-order valence-corrected chi connectivity index (χ0v) is 13.7. The lowest BCUT2D eigenvalue weighted by atomic mass is 9.90. The van der Waals surface area contributed by atoms with Crippen LogP contribution in [0.15, 0.2) is 0 Å². The van der Waals surface area contributed by atoms with Crippen molar-refractivity contribution in [1.29, 1.82) is 0 Å². The van der Waals surface area contributed by atoms with E-state index in [1.807, 2.05) is 0 Å². The highest BCUT2D eigenvalue weighted by Crippen LogP contribution is 2.21. The molecule has 0 aliphatic rings. The van der Waals surface area contributed by atoms with Crippen LogP contribution in [0.5, 0.6) is 6.01 Å². The molecule has 1 aromatic rings. The maximum Gasteiger partial charge on any atom is 0.322 e. The molecule has 0 bridgehead atoms. The van der Waals surface area contributed by atoms with Gasteiger partial charge in [0.05, 0.1) is 7.11 Å². The lowest BCUT2D eigenvalue weighted by Gasteiger charge is -2.24. The number of anilines is 2. The molecule has 0 aliphatic heterocycles. The molecule has 0 amide bonds. The van der Waals surface area contributed by atoms with E-state index >= 15 is 0 Å². The lowest BCUT2D eigenvalue weighted by molar-refractivity contribution is 0.157. The van der Waals surface area contributed by atoms with Crippen molar-refractivity contribution >= 4 is 11.9 Å². The monoisotopic (exact) mass is 297 g/mol. The largest absolute Gasteiger partial charge is 0.467 e. The summed E-state index contributed by atoms with van der Waals surface area (Å²) in [6.07, 6.45) is 1.96. The maximum absolute atomic E-state index is 5.13. The summed E-state index contributed by atoms with van der Waals surface area (Å²) < 4.78 is 10.2. The number of aromatic nitrogens is 3.